The molecule has 0 aliphatic carbocycles. The number of benzene rings is 4. The van der Waals surface area contributed by atoms with Crippen molar-refractivity contribution in [3.63, 3.8) is 0 Å². The average molecular weight is 843 g/mol. The summed E-state index contributed by atoms with van der Waals surface area (Å²) in [6.07, 6.45) is 6.76. The second-order valence-corrected chi connectivity index (χ2v) is 12.8. The summed E-state index contributed by atoms with van der Waals surface area (Å²) in [5, 5.41) is 14.1. The number of pyridine rings is 1. The summed E-state index contributed by atoms with van der Waals surface area (Å²) in [6.45, 7) is 12.2. The van der Waals surface area contributed by atoms with E-state index < -0.39 is 0 Å². The van der Waals surface area contributed by atoms with Gasteiger partial charge < -0.3 is 18.9 Å². The molecule has 4 aromatic carbocycles. The Hall–Kier alpha value is -4.51. The number of allylic oxidation sites excluding steroid dienone is 2. The third-order valence-corrected chi connectivity index (χ3v) is 9.76. The summed E-state index contributed by atoms with van der Waals surface area (Å²) in [6, 6.07) is 30.1. The molecular formula is C44H44IrNO4-. The molecule has 0 spiro atoms. The van der Waals surface area contributed by atoms with Crippen LogP contribution in [-0.4, -0.2) is 15.9 Å². The number of furan rings is 2. The van der Waals surface area contributed by atoms with Crippen LogP contribution in [0.4, 0.5) is 0 Å². The molecule has 3 aromatic heterocycles. The number of aliphatic hydroxyl groups is 1. The van der Waals surface area contributed by atoms with Crippen LogP contribution < -0.4 is 0 Å². The molecule has 0 unspecified atom stereocenters. The SMILES string of the molecule is CCC(CC)C(=O)/C=C(\O)C(CC)CC.Cc1cccc2c1oc1c2cc(-c2ccnc(-c3[c-]cccc3)c2)c2oc3c(C)cccc3c21.[Ir]. The van der Waals surface area contributed by atoms with Gasteiger partial charge in [0.05, 0.1) is 11.1 Å². The predicted molar refractivity (Wildman–Crippen MR) is 202 cm³/mol. The number of para-hydroxylation sites is 2. The molecule has 0 fully saturated rings. The van der Waals surface area contributed by atoms with Crippen molar-refractivity contribution in [2.24, 2.45) is 11.8 Å². The first-order chi connectivity index (χ1) is 23.8. The number of aromatic nitrogens is 1. The zero-order valence-corrected chi connectivity index (χ0v) is 32.0. The van der Waals surface area contributed by atoms with Gasteiger partial charge >= 0.3 is 0 Å². The number of aliphatic hydroxyl groups excluding tert-OH is 1. The van der Waals surface area contributed by atoms with Crippen LogP contribution in [-0.2, 0) is 24.9 Å². The molecule has 50 heavy (non-hydrogen) atoms. The number of nitrogens with zero attached hydrogens (tertiary/aromatic N) is 1. The Balaban J connectivity index is 0.000000261. The van der Waals surface area contributed by atoms with Gasteiger partial charge in [-0.15, -0.1) is 35.9 Å². The summed E-state index contributed by atoms with van der Waals surface area (Å²) in [4.78, 5) is 16.3. The van der Waals surface area contributed by atoms with Crippen LogP contribution >= 0.6 is 0 Å². The van der Waals surface area contributed by atoms with Crippen LogP contribution in [0.1, 0.15) is 64.5 Å². The van der Waals surface area contributed by atoms with Crippen molar-refractivity contribution in [1.82, 2.24) is 4.98 Å². The van der Waals surface area contributed by atoms with Gasteiger partial charge in [0.1, 0.15) is 22.3 Å². The minimum atomic E-state index is 0. The molecule has 0 aliphatic rings. The summed E-state index contributed by atoms with van der Waals surface area (Å²) in [5.74, 6) is 0.547. The molecule has 0 aliphatic heterocycles. The molecule has 259 valence electrons. The van der Waals surface area contributed by atoms with Crippen molar-refractivity contribution in [2.75, 3.05) is 0 Å². The zero-order chi connectivity index (χ0) is 34.7. The third kappa shape index (κ3) is 7.06. The maximum Gasteiger partial charge on any atom is 0.162 e. The van der Waals surface area contributed by atoms with Crippen molar-refractivity contribution in [3.05, 3.63) is 114 Å². The van der Waals surface area contributed by atoms with Gasteiger partial charge in [-0.1, -0.05) is 70.2 Å². The Labute approximate surface area is 307 Å². The number of fused-ring (bicyclic) bond motifs is 7. The molecule has 0 saturated carbocycles. The quantitative estimate of drug-likeness (QED) is 0.0890. The fourth-order valence-electron chi connectivity index (χ4n) is 6.79. The second-order valence-electron chi connectivity index (χ2n) is 12.8. The summed E-state index contributed by atoms with van der Waals surface area (Å²) >= 11 is 0. The molecule has 1 radical (unpaired) electrons. The minimum absolute atomic E-state index is 0. The molecule has 0 atom stereocenters. The van der Waals surface area contributed by atoms with Gasteiger partial charge in [-0.25, -0.2) is 0 Å². The van der Waals surface area contributed by atoms with Gasteiger partial charge in [-0.3, -0.25) is 4.79 Å². The number of carbonyl (C=O) groups is 1. The van der Waals surface area contributed by atoms with E-state index in [1.807, 2.05) is 64.2 Å². The maximum absolute atomic E-state index is 11.7. The Morgan fingerprint density at radius 3 is 2.04 bits per heavy atom. The molecule has 7 rings (SSSR count). The zero-order valence-electron chi connectivity index (χ0n) is 29.6. The van der Waals surface area contributed by atoms with Gasteiger partial charge in [-0.2, -0.15) is 0 Å². The first-order valence-corrected chi connectivity index (χ1v) is 17.4. The van der Waals surface area contributed by atoms with Crippen molar-refractivity contribution in [2.45, 2.75) is 67.2 Å². The van der Waals surface area contributed by atoms with Crippen LogP contribution in [0.15, 0.2) is 106 Å². The van der Waals surface area contributed by atoms with E-state index in [0.29, 0.717) is 0 Å². The molecule has 5 nitrogen and oxygen atoms in total. The van der Waals surface area contributed by atoms with E-state index in [9.17, 15) is 9.90 Å². The molecule has 0 saturated heterocycles. The van der Waals surface area contributed by atoms with Crippen LogP contribution in [0.3, 0.4) is 0 Å². The summed E-state index contributed by atoms with van der Waals surface area (Å²) in [7, 11) is 0. The van der Waals surface area contributed by atoms with Gasteiger partial charge in [0, 0.05) is 65.9 Å². The molecule has 0 amide bonds. The Bertz CT molecular complexity index is 2290. The maximum atomic E-state index is 11.7. The molecular weight excluding hydrogens is 799 g/mol. The number of aryl methyl sites for hydroxylation is 2. The molecule has 0 bridgehead atoms. The Morgan fingerprint density at radius 2 is 1.40 bits per heavy atom. The fourth-order valence-corrected chi connectivity index (χ4v) is 6.79. The Kier molecular flexibility index (Phi) is 11.8. The van der Waals surface area contributed by atoms with E-state index in [-0.39, 0.29) is 43.5 Å². The van der Waals surface area contributed by atoms with Crippen molar-refractivity contribution < 1.29 is 38.8 Å². The normalized spacial score (nSPS) is 11.8. The van der Waals surface area contributed by atoms with Crippen LogP contribution in [0, 0.1) is 31.7 Å². The van der Waals surface area contributed by atoms with Crippen LogP contribution in [0.2, 0.25) is 0 Å². The largest absolute Gasteiger partial charge is 0.512 e. The third-order valence-electron chi connectivity index (χ3n) is 9.76. The minimum Gasteiger partial charge on any atom is -0.512 e. The smallest absolute Gasteiger partial charge is 0.162 e. The topological polar surface area (TPSA) is 76.5 Å². The number of hydrogen-bond donors (Lipinski definition) is 1. The van der Waals surface area contributed by atoms with Gasteiger partial charge in [0.2, 0.25) is 0 Å². The van der Waals surface area contributed by atoms with E-state index >= 15 is 0 Å². The van der Waals surface area contributed by atoms with Crippen LogP contribution in [0.25, 0.3) is 66.3 Å². The summed E-state index contributed by atoms with van der Waals surface area (Å²) in [5.41, 5.74) is 9.68. The summed E-state index contributed by atoms with van der Waals surface area (Å²) < 4.78 is 13.1. The molecule has 6 heteroatoms. The molecule has 3 heterocycles. The van der Waals surface area contributed by atoms with Crippen molar-refractivity contribution in [1.29, 1.82) is 0 Å². The second kappa shape index (κ2) is 16.0. The van der Waals surface area contributed by atoms with Gasteiger partial charge in [-0.05, 0) is 74.0 Å². The number of rotatable bonds is 9. The standard InChI is InChI=1S/C31H20NO2.C13H24O2.Ir/c1-18-8-6-12-22-25-17-24(21-14-15-32-26(16-21)20-10-4-3-5-11-20)30-27(31(25)33-28(18)22)23-13-7-9-19(2)29(23)34-30;1-5-10(6-2)12(14)9-13(15)11(7-3)8-4;/h3-10,12-17H,1-2H3;9-11,14H,5-8H2,1-4H3;/q-1;;/b;12-9-;. The van der Waals surface area contributed by atoms with Gasteiger partial charge in [0.15, 0.2) is 5.78 Å². The van der Waals surface area contributed by atoms with Gasteiger partial charge in [0.25, 0.3) is 0 Å². The van der Waals surface area contributed by atoms with Crippen molar-refractivity contribution in [3.8, 4) is 22.4 Å². The number of carbonyl (C=O) groups excluding carboxylic acids is 1. The monoisotopic (exact) mass is 843 g/mol. The van der Waals surface area contributed by atoms with E-state index in [1.165, 1.54) is 6.08 Å². The average Bonchev–Trinajstić information content (AvgIpc) is 3.70. The van der Waals surface area contributed by atoms with Crippen LogP contribution in [0.5, 0.6) is 0 Å². The number of hydrogen-bond acceptors (Lipinski definition) is 5. The van der Waals surface area contributed by atoms with E-state index in [1.54, 1.807) is 0 Å². The first-order valence-electron chi connectivity index (χ1n) is 17.4. The molecule has 1 N–H and O–H groups in total. The number of ketones is 1. The Morgan fingerprint density at radius 1 is 0.760 bits per heavy atom. The first kappa shape index (κ1) is 36.8. The van der Waals surface area contributed by atoms with Crippen molar-refractivity contribution >= 4 is 49.7 Å². The van der Waals surface area contributed by atoms with E-state index in [4.69, 9.17) is 8.83 Å². The predicted octanol–water partition coefficient (Wildman–Crippen LogP) is 12.5. The fraction of sp³-hybridized carbons (Fsp3) is 0.273. The molecule has 7 aromatic rings. The van der Waals surface area contributed by atoms with E-state index in [0.717, 1.165) is 103 Å². The van der Waals surface area contributed by atoms with E-state index in [2.05, 4.69) is 73.4 Å².